The molecule has 158 valence electrons. The van der Waals surface area contributed by atoms with Gasteiger partial charge < -0.3 is 37.6 Å². The minimum atomic E-state index is -1.36. The van der Waals surface area contributed by atoms with Gasteiger partial charge in [0.05, 0.1) is 12.6 Å². The fourth-order valence-corrected chi connectivity index (χ4v) is 1.91. The average molecular weight is 403 g/mol. The topological polar surface area (TPSA) is 231 Å². The lowest BCUT2D eigenvalue weighted by molar-refractivity contribution is -0.142. The zero-order chi connectivity index (χ0) is 21.9. The fraction of sp³-hybridized carbons (Fsp3) is 0.600. The molecule has 0 aliphatic carbocycles. The first-order valence-corrected chi connectivity index (χ1v) is 8.30. The van der Waals surface area contributed by atoms with Crippen molar-refractivity contribution in [2.45, 2.75) is 50.7 Å². The standard InChI is InChI=1S/C15H25N5O8/c1-7(19-14(26)8(16)2-5-12(23)24)13(25)18-6-11(22)20-9(15(27)28)3-4-10(17)21/h7-9H,2-6,16H2,1H3,(H2,17,21)(H,18,25)(H,19,26)(H,20,22)(H,23,24)(H,27,28). The molecule has 9 N–H and O–H groups in total. The predicted molar refractivity (Wildman–Crippen MR) is 93.5 cm³/mol. The summed E-state index contributed by atoms with van der Waals surface area (Å²) in [6, 6.07) is -3.53. The van der Waals surface area contributed by atoms with Gasteiger partial charge in [0.15, 0.2) is 0 Å². The maximum Gasteiger partial charge on any atom is 0.326 e. The Balaban J connectivity index is 4.40. The van der Waals surface area contributed by atoms with Gasteiger partial charge in [-0.2, -0.15) is 0 Å². The number of nitrogens with two attached hydrogens (primary N) is 2. The van der Waals surface area contributed by atoms with Gasteiger partial charge in [0.1, 0.15) is 12.1 Å². The molecule has 28 heavy (non-hydrogen) atoms. The normalized spacial score (nSPS) is 13.5. The van der Waals surface area contributed by atoms with Gasteiger partial charge >= 0.3 is 11.9 Å². The first-order chi connectivity index (χ1) is 12.9. The highest BCUT2D eigenvalue weighted by atomic mass is 16.4. The summed E-state index contributed by atoms with van der Waals surface area (Å²) in [4.78, 5) is 67.6. The zero-order valence-corrected chi connectivity index (χ0v) is 15.3. The number of rotatable bonds is 13. The molecule has 0 heterocycles. The van der Waals surface area contributed by atoms with Crippen LogP contribution in [-0.4, -0.2) is 70.5 Å². The van der Waals surface area contributed by atoms with E-state index in [-0.39, 0.29) is 25.7 Å². The molecule has 13 nitrogen and oxygen atoms in total. The number of carbonyl (C=O) groups is 6. The molecule has 0 aromatic heterocycles. The van der Waals surface area contributed by atoms with Crippen molar-refractivity contribution >= 4 is 35.6 Å². The van der Waals surface area contributed by atoms with E-state index in [0.717, 1.165) is 0 Å². The summed E-state index contributed by atoms with van der Waals surface area (Å²) < 4.78 is 0. The minimum absolute atomic E-state index is 0.111. The van der Waals surface area contributed by atoms with Crippen molar-refractivity contribution in [1.82, 2.24) is 16.0 Å². The van der Waals surface area contributed by atoms with Gasteiger partial charge in [-0.25, -0.2) is 4.79 Å². The third kappa shape index (κ3) is 10.7. The number of carboxylic acids is 2. The fourth-order valence-electron chi connectivity index (χ4n) is 1.91. The molecule has 0 saturated heterocycles. The van der Waals surface area contributed by atoms with Gasteiger partial charge in [0.25, 0.3) is 0 Å². The molecule has 3 atom stereocenters. The SMILES string of the molecule is CC(NC(=O)C(N)CCC(=O)O)C(=O)NCC(=O)NC(CCC(N)=O)C(=O)O. The minimum Gasteiger partial charge on any atom is -0.481 e. The molecule has 0 aliphatic heterocycles. The molecule has 4 amide bonds. The van der Waals surface area contributed by atoms with Gasteiger partial charge in [-0.05, 0) is 19.8 Å². The van der Waals surface area contributed by atoms with E-state index in [0.29, 0.717) is 0 Å². The molecule has 0 spiro atoms. The Morgan fingerprint density at radius 3 is 2.04 bits per heavy atom. The second-order valence-corrected chi connectivity index (χ2v) is 5.95. The van der Waals surface area contributed by atoms with E-state index in [9.17, 15) is 28.8 Å². The summed E-state index contributed by atoms with van der Waals surface area (Å²) >= 11 is 0. The zero-order valence-electron chi connectivity index (χ0n) is 15.3. The lowest BCUT2D eigenvalue weighted by atomic mass is 10.1. The molecule has 0 rings (SSSR count). The molecule has 13 heteroatoms. The highest BCUT2D eigenvalue weighted by Crippen LogP contribution is 1.98. The molecule has 0 aromatic rings. The Bertz CT molecular complexity index is 624. The van der Waals surface area contributed by atoms with E-state index in [2.05, 4.69) is 16.0 Å². The van der Waals surface area contributed by atoms with Crippen molar-refractivity contribution in [3.05, 3.63) is 0 Å². The quantitative estimate of drug-likeness (QED) is 0.162. The van der Waals surface area contributed by atoms with Crippen molar-refractivity contribution in [3.63, 3.8) is 0 Å². The average Bonchev–Trinajstić information content (AvgIpc) is 2.60. The van der Waals surface area contributed by atoms with Crippen molar-refractivity contribution in [1.29, 1.82) is 0 Å². The Morgan fingerprint density at radius 2 is 1.54 bits per heavy atom. The smallest absolute Gasteiger partial charge is 0.326 e. The number of nitrogens with one attached hydrogen (secondary N) is 3. The lowest BCUT2D eigenvalue weighted by Gasteiger charge is -2.18. The van der Waals surface area contributed by atoms with Crippen LogP contribution in [0.3, 0.4) is 0 Å². The van der Waals surface area contributed by atoms with Crippen LogP contribution >= 0.6 is 0 Å². The third-order valence-corrected chi connectivity index (χ3v) is 3.49. The van der Waals surface area contributed by atoms with Crippen LogP contribution in [0.4, 0.5) is 0 Å². The Kier molecular flexibility index (Phi) is 10.8. The van der Waals surface area contributed by atoms with E-state index in [1.54, 1.807) is 0 Å². The van der Waals surface area contributed by atoms with Crippen LogP contribution in [0.2, 0.25) is 0 Å². The highest BCUT2D eigenvalue weighted by Gasteiger charge is 2.23. The maximum atomic E-state index is 11.9. The largest absolute Gasteiger partial charge is 0.481 e. The summed E-state index contributed by atoms with van der Waals surface area (Å²) in [6.07, 6.45) is -0.866. The van der Waals surface area contributed by atoms with Gasteiger partial charge in [0, 0.05) is 12.8 Å². The van der Waals surface area contributed by atoms with E-state index >= 15 is 0 Å². The molecule has 0 aromatic carbocycles. The highest BCUT2D eigenvalue weighted by molar-refractivity contribution is 5.92. The number of aliphatic carboxylic acids is 2. The van der Waals surface area contributed by atoms with Gasteiger partial charge in [-0.15, -0.1) is 0 Å². The molecule has 0 bridgehead atoms. The second-order valence-electron chi connectivity index (χ2n) is 5.95. The van der Waals surface area contributed by atoms with Crippen LogP contribution in [0.1, 0.15) is 32.6 Å². The second kappa shape index (κ2) is 12.2. The van der Waals surface area contributed by atoms with Crippen molar-refractivity contribution in [2.75, 3.05) is 6.54 Å². The van der Waals surface area contributed by atoms with E-state index < -0.39 is 60.2 Å². The summed E-state index contributed by atoms with van der Waals surface area (Å²) in [5, 5.41) is 24.1. The van der Waals surface area contributed by atoms with E-state index in [4.69, 9.17) is 21.7 Å². The number of hydrogen-bond donors (Lipinski definition) is 7. The molecule has 0 radical (unpaired) electrons. The predicted octanol–water partition coefficient (Wildman–Crippen LogP) is -3.37. The van der Waals surface area contributed by atoms with Crippen LogP contribution < -0.4 is 27.4 Å². The molecule has 3 unspecified atom stereocenters. The number of carbonyl (C=O) groups excluding carboxylic acids is 4. The lowest BCUT2D eigenvalue weighted by Crippen LogP contribution is -2.52. The summed E-state index contributed by atoms with van der Waals surface area (Å²) in [7, 11) is 0. The first-order valence-electron chi connectivity index (χ1n) is 8.30. The Hall–Kier alpha value is -3.22. The molecule has 0 saturated carbocycles. The van der Waals surface area contributed by atoms with Crippen LogP contribution in [0, 0.1) is 0 Å². The Labute approximate surface area is 160 Å². The Morgan fingerprint density at radius 1 is 0.929 bits per heavy atom. The first kappa shape index (κ1) is 24.8. The molecule has 0 aliphatic rings. The van der Waals surface area contributed by atoms with Crippen molar-refractivity contribution in [3.8, 4) is 0 Å². The van der Waals surface area contributed by atoms with Gasteiger partial charge in [-0.3, -0.25) is 24.0 Å². The third-order valence-electron chi connectivity index (χ3n) is 3.49. The van der Waals surface area contributed by atoms with Gasteiger partial charge in [0.2, 0.25) is 23.6 Å². The summed E-state index contributed by atoms with van der Waals surface area (Å²) in [5.41, 5.74) is 10.4. The van der Waals surface area contributed by atoms with Crippen LogP contribution in [-0.2, 0) is 28.8 Å². The van der Waals surface area contributed by atoms with Gasteiger partial charge in [-0.1, -0.05) is 0 Å². The van der Waals surface area contributed by atoms with Crippen LogP contribution in [0.5, 0.6) is 0 Å². The number of hydrogen-bond acceptors (Lipinski definition) is 7. The van der Waals surface area contributed by atoms with E-state index in [1.165, 1.54) is 6.92 Å². The number of amides is 4. The molecular weight excluding hydrogens is 378 g/mol. The molecule has 0 fully saturated rings. The summed E-state index contributed by atoms with van der Waals surface area (Å²) in [5.74, 6) is -5.49. The van der Waals surface area contributed by atoms with Crippen LogP contribution in [0.25, 0.3) is 0 Å². The molecular formula is C15H25N5O8. The maximum absolute atomic E-state index is 11.9. The van der Waals surface area contributed by atoms with Crippen molar-refractivity contribution in [2.24, 2.45) is 11.5 Å². The van der Waals surface area contributed by atoms with Crippen LogP contribution in [0.15, 0.2) is 0 Å². The number of carboxylic acid groups (broad SMARTS) is 2. The summed E-state index contributed by atoms with van der Waals surface area (Å²) in [6.45, 7) is 0.756. The van der Waals surface area contributed by atoms with Crippen molar-refractivity contribution < 1.29 is 39.0 Å². The monoisotopic (exact) mass is 403 g/mol. The van der Waals surface area contributed by atoms with E-state index in [1.807, 2.05) is 0 Å². The number of primary amides is 1.